The lowest BCUT2D eigenvalue weighted by Gasteiger charge is -2.06. The highest BCUT2D eigenvalue weighted by Crippen LogP contribution is 2.14. The first kappa shape index (κ1) is 17.0. The number of hydrogen-bond donors (Lipinski definition) is 0. The Hall–Kier alpha value is -2.34. The third-order valence-corrected chi connectivity index (χ3v) is 3.58. The van der Waals surface area contributed by atoms with Gasteiger partial charge in [0.25, 0.3) is 0 Å². The Balaban J connectivity index is 2.20. The third-order valence-electron chi connectivity index (χ3n) is 3.49. The molecule has 0 bridgehead atoms. The molecule has 0 unspecified atom stereocenters. The number of nitrogens with zero attached hydrogens (tertiary/aromatic N) is 3. The molecule has 0 aliphatic carbocycles. The van der Waals surface area contributed by atoms with Gasteiger partial charge in [0.2, 0.25) is 5.82 Å². The summed E-state index contributed by atoms with van der Waals surface area (Å²) in [6, 6.07) is 6.52. The van der Waals surface area contributed by atoms with Crippen molar-refractivity contribution >= 4 is 23.1 Å². The van der Waals surface area contributed by atoms with Crippen molar-refractivity contribution in [2.45, 2.75) is 39.5 Å². The summed E-state index contributed by atoms with van der Waals surface area (Å²) in [5.74, 6) is 6.66. The maximum absolute atomic E-state index is 4.55. The number of aryl methyl sites for hydroxylation is 2. The van der Waals surface area contributed by atoms with E-state index in [9.17, 15) is 0 Å². The van der Waals surface area contributed by atoms with Crippen LogP contribution >= 0.6 is 12.2 Å². The molecule has 23 heavy (non-hydrogen) atoms. The molecule has 3 nitrogen and oxygen atoms in total. The number of thiocarbonyl (C=S) groups is 1. The van der Waals surface area contributed by atoms with Crippen LogP contribution in [0, 0.1) is 11.8 Å². The Bertz CT molecular complexity index is 763. The number of benzene rings is 1. The van der Waals surface area contributed by atoms with E-state index in [0.717, 1.165) is 18.4 Å². The summed E-state index contributed by atoms with van der Waals surface area (Å²) in [5.41, 5.74) is 4.28. The van der Waals surface area contributed by atoms with E-state index >= 15 is 0 Å². The summed E-state index contributed by atoms with van der Waals surface area (Å²) < 4.78 is 0. The van der Waals surface area contributed by atoms with Crippen LogP contribution in [0.5, 0.6) is 0 Å². The first-order chi connectivity index (χ1) is 11.3. The molecular weight excluding hydrogens is 302 g/mol. The standard InChI is InChI=1S/C19H19N3S/c1-3-5-6-15-7-8-17(16(4-2)11-15)9-10-19-20-12-18(13-21-19)22-14-23/h7-8,11-13H,3-6H2,1-2H3. The van der Waals surface area contributed by atoms with Gasteiger partial charge in [-0.15, -0.1) is 0 Å². The van der Waals surface area contributed by atoms with Crippen molar-refractivity contribution < 1.29 is 0 Å². The molecule has 0 saturated heterocycles. The zero-order chi connectivity index (χ0) is 16.5. The quantitative estimate of drug-likeness (QED) is 0.462. The van der Waals surface area contributed by atoms with E-state index in [1.165, 1.54) is 24.0 Å². The normalized spacial score (nSPS) is 9.65. The molecule has 2 rings (SSSR count). The molecule has 0 spiro atoms. The molecule has 116 valence electrons. The van der Waals surface area contributed by atoms with E-state index in [0.29, 0.717) is 11.5 Å². The molecule has 0 amide bonds. The molecular formula is C19H19N3S. The molecule has 0 aliphatic rings. The molecule has 4 heteroatoms. The maximum Gasteiger partial charge on any atom is 0.205 e. The van der Waals surface area contributed by atoms with Gasteiger partial charge in [0.15, 0.2) is 0 Å². The molecule has 0 N–H and O–H groups in total. The lowest BCUT2D eigenvalue weighted by Crippen LogP contribution is -1.93. The van der Waals surface area contributed by atoms with Gasteiger partial charge in [-0.25, -0.2) is 9.97 Å². The van der Waals surface area contributed by atoms with Gasteiger partial charge in [-0.05, 0) is 54.6 Å². The summed E-state index contributed by atoms with van der Waals surface area (Å²) >= 11 is 4.55. The predicted octanol–water partition coefficient (Wildman–Crippen LogP) is 4.52. The zero-order valence-corrected chi connectivity index (χ0v) is 14.3. The first-order valence-corrected chi connectivity index (χ1v) is 8.21. The Kier molecular flexibility index (Phi) is 6.62. The number of aromatic nitrogens is 2. The summed E-state index contributed by atoms with van der Waals surface area (Å²) in [7, 11) is 0. The van der Waals surface area contributed by atoms with Gasteiger partial charge < -0.3 is 0 Å². The Labute approximate surface area is 142 Å². The van der Waals surface area contributed by atoms with Crippen LogP contribution in [0.4, 0.5) is 5.69 Å². The van der Waals surface area contributed by atoms with Crippen molar-refractivity contribution in [2.75, 3.05) is 0 Å². The predicted molar refractivity (Wildman–Crippen MR) is 97.1 cm³/mol. The van der Waals surface area contributed by atoms with Crippen LogP contribution in [0.3, 0.4) is 0 Å². The molecule has 0 atom stereocenters. The SMILES string of the molecule is CCCCc1ccc(C#Cc2ncc(N=C=S)cn2)c(CC)c1. The molecule has 0 saturated carbocycles. The van der Waals surface area contributed by atoms with Crippen molar-refractivity contribution in [1.29, 1.82) is 0 Å². The summed E-state index contributed by atoms with van der Waals surface area (Å²) in [6.45, 7) is 4.36. The van der Waals surface area contributed by atoms with Crippen LogP contribution < -0.4 is 0 Å². The largest absolute Gasteiger partial charge is 0.227 e. The highest BCUT2D eigenvalue weighted by molar-refractivity contribution is 7.78. The summed E-state index contributed by atoms with van der Waals surface area (Å²) in [6.07, 6.45) is 7.70. The van der Waals surface area contributed by atoms with Gasteiger partial charge in [0.1, 0.15) is 5.69 Å². The van der Waals surface area contributed by atoms with Gasteiger partial charge in [-0.3, -0.25) is 0 Å². The van der Waals surface area contributed by atoms with Crippen LogP contribution in [-0.4, -0.2) is 15.1 Å². The van der Waals surface area contributed by atoms with E-state index in [1.54, 1.807) is 12.4 Å². The average Bonchev–Trinajstić information content (AvgIpc) is 2.60. The van der Waals surface area contributed by atoms with Crippen molar-refractivity contribution in [3.05, 3.63) is 53.1 Å². The molecule has 1 heterocycles. The van der Waals surface area contributed by atoms with Crippen LogP contribution in [0.1, 0.15) is 49.2 Å². The number of hydrogen-bond acceptors (Lipinski definition) is 4. The van der Waals surface area contributed by atoms with Gasteiger partial charge in [0.05, 0.1) is 17.6 Å². The lowest BCUT2D eigenvalue weighted by molar-refractivity contribution is 0.794. The van der Waals surface area contributed by atoms with E-state index in [4.69, 9.17) is 0 Å². The highest BCUT2D eigenvalue weighted by Gasteiger charge is 2.01. The second kappa shape index (κ2) is 8.95. The Morgan fingerprint density at radius 1 is 1.13 bits per heavy atom. The zero-order valence-electron chi connectivity index (χ0n) is 13.5. The molecule has 0 fully saturated rings. The fraction of sp³-hybridized carbons (Fsp3) is 0.316. The van der Waals surface area contributed by atoms with Crippen molar-refractivity contribution in [1.82, 2.24) is 9.97 Å². The highest BCUT2D eigenvalue weighted by atomic mass is 32.1. The van der Waals surface area contributed by atoms with E-state index in [1.807, 2.05) is 0 Å². The van der Waals surface area contributed by atoms with Gasteiger partial charge >= 0.3 is 0 Å². The number of unbranched alkanes of at least 4 members (excludes halogenated alkanes) is 1. The molecule has 0 aliphatic heterocycles. The fourth-order valence-electron chi connectivity index (χ4n) is 2.22. The Morgan fingerprint density at radius 2 is 1.91 bits per heavy atom. The number of isothiocyanates is 1. The van der Waals surface area contributed by atoms with Crippen LogP contribution in [0.15, 0.2) is 35.6 Å². The van der Waals surface area contributed by atoms with Gasteiger partial charge in [0, 0.05) is 5.56 Å². The molecule has 0 radical (unpaired) electrons. The number of aliphatic imine (C=N–C) groups is 1. The van der Waals surface area contributed by atoms with Crippen LogP contribution in [0.25, 0.3) is 0 Å². The van der Waals surface area contributed by atoms with Gasteiger partial charge in [-0.1, -0.05) is 38.3 Å². The van der Waals surface area contributed by atoms with Gasteiger partial charge in [-0.2, -0.15) is 4.99 Å². The fourth-order valence-corrected chi connectivity index (χ4v) is 2.32. The van der Waals surface area contributed by atoms with E-state index in [-0.39, 0.29) is 0 Å². The van der Waals surface area contributed by atoms with Crippen LogP contribution in [-0.2, 0) is 12.8 Å². The minimum absolute atomic E-state index is 0.477. The first-order valence-electron chi connectivity index (χ1n) is 7.80. The third kappa shape index (κ3) is 5.10. The average molecular weight is 321 g/mol. The van der Waals surface area contributed by atoms with E-state index in [2.05, 4.69) is 76.2 Å². The smallest absolute Gasteiger partial charge is 0.205 e. The monoisotopic (exact) mass is 321 g/mol. The van der Waals surface area contributed by atoms with Crippen LogP contribution in [0.2, 0.25) is 0 Å². The number of rotatable bonds is 5. The lowest BCUT2D eigenvalue weighted by atomic mass is 9.99. The minimum Gasteiger partial charge on any atom is -0.227 e. The van der Waals surface area contributed by atoms with Crippen molar-refractivity contribution in [2.24, 2.45) is 4.99 Å². The van der Waals surface area contributed by atoms with Crippen molar-refractivity contribution in [3.63, 3.8) is 0 Å². The summed E-state index contributed by atoms with van der Waals surface area (Å²) in [5, 5.41) is 2.29. The Morgan fingerprint density at radius 3 is 2.57 bits per heavy atom. The second-order valence-corrected chi connectivity index (χ2v) is 5.35. The second-order valence-electron chi connectivity index (χ2n) is 5.17. The topological polar surface area (TPSA) is 38.1 Å². The maximum atomic E-state index is 4.55. The summed E-state index contributed by atoms with van der Waals surface area (Å²) in [4.78, 5) is 12.1. The molecule has 2 aromatic rings. The minimum atomic E-state index is 0.477. The van der Waals surface area contributed by atoms with E-state index < -0.39 is 0 Å². The van der Waals surface area contributed by atoms with Crippen molar-refractivity contribution in [3.8, 4) is 11.8 Å². The molecule has 1 aromatic carbocycles. The molecule has 1 aromatic heterocycles.